The Hall–Kier alpha value is -1.11. The molecule has 19 heavy (non-hydrogen) atoms. The molecule has 0 saturated carbocycles. The van der Waals surface area contributed by atoms with Crippen LogP contribution in [-0.2, 0) is 4.74 Å². The number of terminal acetylenes is 1. The van der Waals surface area contributed by atoms with E-state index in [1.807, 2.05) is 0 Å². The molecular formula is C11H11FN2O3S2. The molecule has 8 heteroatoms. The standard InChI is InChI=1S/C11H11FN2O3S2/c1-2-11(5-15)8(16)7(12)9(17-11)14-4-3-6(18)13-10(14)19/h1,3-4,7-9,15-16H,5H2,(H,13,18,19)/t7-,8+,9+,11+/m0/s1. The summed E-state index contributed by atoms with van der Waals surface area (Å²) in [5.41, 5.74) is -1.77. The first kappa shape index (κ1) is 14.3. The molecule has 0 bridgehead atoms. The van der Waals surface area contributed by atoms with E-state index in [2.05, 4.69) is 10.9 Å². The zero-order chi connectivity index (χ0) is 14.2. The van der Waals surface area contributed by atoms with Crippen LogP contribution in [0.4, 0.5) is 4.39 Å². The number of nitrogens with one attached hydrogen (secondary N) is 1. The summed E-state index contributed by atoms with van der Waals surface area (Å²) in [5, 5.41) is 19.0. The fourth-order valence-corrected chi connectivity index (χ4v) is 2.39. The Labute approximate surface area is 118 Å². The van der Waals surface area contributed by atoms with Gasteiger partial charge in [0.2, 0.25) is 0 Å². The van der Waals surface area contributed by atoms with E-state index in [0.29, 0.717) is 4.64 Å². The molecule has 2 rings (SSSR count). The topological polar surface area (TPSA) is 70.4 Å². The van der Waals surface area contributed by atoms with Crippen LogP contribution >= 0.6 is 24.4 Å². The Bertz CT molecular complexity index is 638. The minimum absolute atomic E-state index is 0.137. The highest BCUT2D eigenvalue weighted by Crippen LogP contribution is 2.38. The summed E-state index contributed by atoms with van der Waals surface area (Å²) in [5.74, 6) is 2.10. The van der Waals surface area contributed by atoms with Gasteiger partial charge in [-0.25, -0.2) is 4.39 Å². The lowest BCUT2D eigenvalue weighted by Gasteiger charge is -2.23. The van der Waals surface area contributed by atoms with Gasteiger partial charge in [0.25, 0.3) is 0 Å². The minimum atomic E-state index is -1.82. The third-order valence-electron chi connectivity index (χ3n) is 2.99. The Morgan fingerprint density at radius 3 is 2.79 bits per heavy atom. The summed E-state index contributed by atoms with van der Waals surface area (Å²) in [7, 11) is 0. The maximum Gasteiger partial charge on any atom is 0.182 e. The molecule has 1 aliphatic heterocycles. The molecule has 0 unspecified atom stereocenters. The van der Waals surface area contributed by atoms with Crippen molar-refractivity contribution in [2.75, 3.05) is 6.61 Å². The van der Waals surface area contributed by atoms with Crippen molar-refractivity contribution in [3.05, 3.63) is 21.7 Å². The van der Waals surface area contributed by atoms with Crippen molar-refractivity contribution >= 4 is 24.4 Å². The maximum atomic E-state index is 14.1. The molecule has 0 aromatic carbocycles. The van der Waals surface area contributed by atoms with Gasteiger partial charge in [0.05, 0.1) is 6.61 Å². The summed E-state index contributed by atoms with van der Waals surface area (Å²) in [6.45, 7) is -0.697. The zero-order valence-electron chi connectivity index (χ0n) is 9.62. The molecule has 5 nitrogen and oxygen atoms in total. The number of ether oxygens (including phenoxy) is 1. The van der Waals surface area contributed by atoms with Gasteiger partial charge in [0, 0.05) is 6.20 Å². The molecule has 0 aliphatic carbocycles. The van der Waals surface area contributed by atoms with Crippen LogP contribution in [0.25, 0.3) is 0 Å². The molecule has 102 valence electrons. The SMILES string of the molecule is C#C[C@]1(CO)O[C@@H](n2ccc(=S)[nH]c2=S)[C@@H](F)[C@H]1O. The highest BCUT2D eigenvalue weighted by atomic mass is 32.1. The van der Waals surface area contributed by atoms with Crippen molar-refractivity contribution in [1.29, 1.82) is 0 Å². The molecule has 2 heterocycles. The first-order valence-electron chi connectivity index (χ1n) is 5.35. The van der Waals surface area contributed by atoms with E-state index in [4.69, 9.17) is 35.6 Å². The van der Waals surface area contributed by atoms with E-state index < -0.39 is 30.7 Å². The predicted molar refractivity (Wildman–Crippen MR) is 70.1 cm³/mol. The van der Waals surface area contributed by atoms with Gasteiger partial charge in [-0.3, -0.25) is 4.57 Å². The number of halogens is 1. The first-order valence-corrected chi connectivity index (χ1v) is 6.17. The third kappa shape index (κ3) is 2.24. The van der Waals surface area contributed by atoms with E-state index in [0.717, 1.165) is 0 Å². The van der Waals surface area contributed by atoms with Gasteiger partial charge in [-0.2, -0.15) is 0 Å². The summed E-state index contributed by atoms with van der Waals surface area (Å²) < 4.78 is 21.2. The average Bonchev–Trinajstić information content (AvgIpc) is 2.64. The zero-order valence-corrected chi connectivity index (χ0v) is 11.2. The summed E-state index contributed by atoms with van der Waals surface area (Å²) in [6, 6.07) is 1.50. The van der Waals surface area contributed by atoms with Crippen molar-refractivity contribution in [2.24, 2.45) is 0 Å². The molecule has 1 aromatic heterocycles. The lowest BCUT2D eigenvalue weighted by molar-refractivity contribution is -0.0917. The molecular weight excluding hydrogens is 291 g/mol. The number of nitrogens with zero attached hydrogens (tertiary/aromatic N) is 1. The number of aliphatic hydroxyl groups is 2. The summed E-state index contributed by atoms with van der Waals surface area (Å²) >= 11 is 9.90. The van der Waals surface area contributed by atoms with Crippen LogP contribution in [0.2, 0.25) is 0 Å². The lowest BCUT2D eigenvalue weighted by atomic mass is 9.98. The average molecular weight is 302 g/mol. The Morgan fingerprint density at radius 2 is 2.32 bits per heavy atom. The van der Waals surface area contributed by atoms with Crippen LogP contribution in [0.3, 0.4) is 0 Å². The quantitative estimate of drug-likeness (QED) is 0.558. The van der Waals surface area contributed by atoms with Gasteiger partial charge in [-0.1, -0.05) is 18.1 Å². The molecule has 1 saturated heterocycles. The highest BCUT2D eigenvalue weighted by molar-refractivity contribution is 7.72. The van der Waals surface area contributed by atoms with Crippen LogP contribution in [0.1, 0.15) is 6.23 Å². The summed E-state index contributed by atoms with van der Waals surface area (Å²) in [4.78, 5) is 2.66. The van der Waals surface area contributed by atoms with E-state index in [-0.39, 0.29) is 4.77 Å². The van der Waals surface area contributed by atoms with Gasteiger partial charge in [-0.15, -0.1) is 6.42 Å². The van der Waals surface area contributed by atoms with Gasteiger partial charge in [0.15, 0.2) is 22.8 Å². The Kier molecular flexibility index (Phi) is 3.85. The van der Waals surface area contributed by atoms with Crippen molar-refractivity contribution < 1.29 is 19.3 Å². The van der Waals surface area contributed by atoms with Crippen LogP contribution in [0.5, 0.6) is 0 Å². The molecule has 3 N–H and O–H groups in total. The second-order valence-corrected chi connectivity index (χ2v) is 4.93. The van der Waals surface area contributed by atoms with E-state index in [9.17, 15) is 14.6 Å². The van der Waals surface area contributed by atoms with E-state index in [1.54, 1.807) is 0 Å². The smallest absolute Gasteiger partial charge is 0.182 e. The maximum absolute atomic E-state index is 14.1. The monoisotopic (exact) mass is 302 g/mol. The summed E-state index contributed by atoms with van der Waals surface area (Å²) in [6.07, 6.45) is 1.97. The number of aromatic nitrogens is 2. The number of hydrogen-bond donors (Lipinski definition) is 3. The van der Waals surface area contributed by atoms with E-state index in [1.165, 1.54) is 16.8 Å². The fraction of sp³-hybridized carbons (Fsp3) is 0.455. The van der Waals surface area contributed by atoms with Crippen LogP contribution < -0.4 is 0 Å². The molecule has 1 aliphatic rings. The van der Waals surface area contributed by atoms with E-state index >= 15 is 0 Å². The van der Waals surface area contributed by atoms with Crippen LogP contribution in [0.15, 0.2) is 12.3 Å². The number of rotatable bonds is 2. The number of H-pyrrole nitrogens is 1. The predicted octanol–water partition coefficient (Wildman–Crippen LogP) is 0.867. The Balaban J connectivity index is 2.46. The molecule has 1 fully saturated rings. The molecule has 1 aromatic rings. The fourth-order valence-electron chi connectivity index (χ4n) is 1.90. The molecule has 0 spiro atoms. The first-order chi connectivity index (χ1) is 8.95. The van der Waals surface area contributed by atoms with Gasteiger partial charge in [0.1, 0.15) is 10.7 Å². The largest absolute Gasteiger partial charge is 0.392 e. The highest BCUT2D eigenvalue weighted by Gasteiger charge is 2.55. The van der Waals surface area contributed by atoms with Crippen molar-refractivity contribution in [1.82, 2.24) is 9.55 Å². The van der Waals surface area contributed by atoms with Crippen LogP contribution in [-0.4, -0.2) is 44.2 Å². The Morgan fingerprint density at radius 1 is 1.63 bits per heavy atom. The van der Waals surface area contributed by atoms with Crippen molar-refractivity contribution in [3.63, 3.8) is 0 Å². The second-order valence-electron chi connectivity index (χ2n) is 4.11. The molecule has 4 atom stereocenters. The van der Waals surface area contributed by atoms with Crippen LogP contribution in [0, 0.1) is 21.8 Å². The normalized spacial score (nSPS) is 34.1. The number of alkyl halides is 1. The van der Waals surface area contributed by atoms with Crippen molar-refractivity contribution in [2.45, 2.75) is 24.1 Å². The number of hydrogen-bond acceptors (Lipinski definition) is 5. The number of aromatic amines is 1. The lowest BCUT2D eigenvalue weighted by Crippen LogP contribution is -2.44. The minimum Gasteiger partial charge on any atom is -0.392 e. The number of aliphatic hydroxyl groups excluding tert-OH is 2. The van der Waals surface area contributed by atoms with Crippen molar-refractivity contribution in [3.8, 4) is 12.3 Å². The molecule has 0 radical (unpaired) electrons. The van der Waals surface area contributed by atoms with Gasteiger partial charge in [-0.05, 0) is 18.3 Å². The van der Waals surface area contributed by atoms with Gasteiger partial charge >= 0.3 is 0 Å². The van der Waals surface area contributed by atoms with Gasteiger partial charge < -0.3 is 19.9 Å². The second kappa shape index (κ2) is 5.11. The molecule has 0 amide bonds. The third-order valence-corrected chi connectivity index (χ3v) is 3.54.